The first kappa shape index (κ1) is 19.3. The molecule has 29 heavy (non-hydrogen) atoms. The van der Waals surface area contributed by atoms with Crippen LogP contribution in [0.25, 0.3) is 11.5 Å². The molecule has 1 aliphatic rings. The quantitative estimate of drug-likeness (QED) is 0.680. The lowest BCUT2D eigenvalue weighted by molar-refractivity contribution is 0.0760. The van der Waals surface area contributed by atoms with E-state index < -0.39 is 0 Å². The molecule has 0 saturated carbocycles. The van der Waals surface area contributed by atoms with E-state index in [1.807, 2.05) is 67.3 Å². The molecular weight excluding hydrogens is 364 g/mol. The molecule has 1 aliphatic heterocycles. The van der Waals surface area contributed by atoms with Crippen LogP contribution in [-0.2, 0) is 6.54 Å². The predicted molar refractivity (Wildman–Crippen MR) is 111 cm³/mol. The average Bonchev–Trinajstić information content (AvgIpc) is 3.08. The summed E-state index contributed by atoms with van der Waals surface area (Å²) >= 11 is 0. The number of nitrogens with zero attached hydrogens (tertiary/aromatic N) is 4. The van der Waals surface area contributed by atoms with Crippen molar-refractivity contribution in [1.82, 2.24) is 19.9 Å². The molecule has 1 aromatic heterocycles. The number of hydrogen-bond donors (Lipinski definition) is 0. The van der Waals surface area contributed by atoms with Gasteiger partial charge in [0.25, 0.3) is 11.8 Å². The number of aryl methyl sites for hydroxylation is 1. The van der Waals surface area contributed by atoms with Gasteiger partial charge in [-0.15, -0.1) is 0 Å². The second kappa shape index (κ2) is 8.57. The summed E-state index contributed by atoms with van der Waals surface area (Å²) in [6.07, 6.45) is 0.931. The average molecular weight is 390 g/mol. The van der Waals surface area contributed by atoms with E-state index >= 15 is 0 Å². The zero-order valence-electron chi connectivity index (χ0n) is 17.0. The maximum Gasteiger partial charge on any atom is 0.257 e. The second-order valence-electron chi connectivity index (χ2n) is 7.55. The van der Waals surface area contributed by atoms with Crippen LogP contribution >= 0.6 is 0 Å². The van der Waals surface area contributed by atoms with Crippen molar-refractivity contribution in [2.24, 2.45) is 0 Å². The molecule has 6 heteroatoms. The van der Waals surface area contributed by atoms with E-state index in [9.17, 15) is 4.79 Å². The fourth-order valence-corrected chi connectivity index (χ4v) is 3.70. The van der Waals surface area contributed by atoms with Crippen molar-refractivity contribution in [3.8, 4) is 11.5 Å². The van der Waals surface area contributed by atoms with Gasteiger partial charge in [0.15, 0.2) is 5.82 Å². The van der Waals surface area contributed by atoms with Gasteiger partial charge in [-0.05, 0) is 49.6 Å². The molecule has 150 valence electrons. The molecule has 3 aromatic rings. The highest BCUT2D eigenvalue weighted by Gasteiger charge is 2.22. The standard InChI is InChI=1S/C23H26N4O2/c1-17-8-6-11-20(18(17)2)23(28)27-13-7-12-26(14-15-27)16-21-24-22(29-25-21)19-9-4-3-5-10-19/h3-6,8-11H,7,12-16H2,1-2H3. The van der Waals surface area contributed by atoms with E-state index in [1.165, 1.54) is 0 Å². The maximum atomic E-state index is 13.0. The molecule has 0 unspecified atom stereocenters. The van der Waals surface area contributed by atoms with Crippen molar-refractivity contribution in [1.29, 1.82) is 0 Å². The van der Waals surface area contributed by atoms with Crippen LogP contribution in [0.4, 0.5) is 0 Å². The summed E-state index contributed by atoms with van der Waals surface area (Å²) in [6, 6.07) is 15.7. The smallest absolute Gasteiger partial charge is 0.257 e. The van der Waals surface area contributed by atoms with Gasteiger partial charge in [0.2, 0.25) is 0 Å². The molecule has 1 fully saturated rings. The lowest BCUT2D eigenvalue weighted by atomic mass is 10.0. The number of hydrogen-bond acceptors (Lipinski definition) is 5. The van der Waals surface area contributed by atoms with Crippen LogP contribution in [0.1, 0.15) is 33.7 Å². The summed E-state index contributed by atoms with van der Waals surface area (Å²) in [7, 11) is 0. The Morgan fingerprint density at radius 3 is 2.66 bits per heavy atom. The normalized spacial score (nSPS) is 15.3. The minimum Gasteiger partial charge on any atom is -0.337 e. The second-order valence-corrected chi connectivity index (χ2v) is 7.55. The van der Waals surface area contributed by atoms with Crippen LogP contribution in [0.3, 0.4) is 0 Å². The van der Waals surface area contributed by atoms with E-state index in [0.717, 1.165) is 48.3 Å². The van der Waals surface area contributed by atoms with Gasteiger partial charge in [-0.3, -0.25) is 9.69 Å². The fraction of sp³-hybridized carbons (Fsp3) is 0.348. The maximum absolute atomic E-state index is 13.0. The lowest BCUT2D eigenvalue weighted by Crippen LogP contribution is -2.35. The summed E-state index contributed by atoms with van der Waals surface area (Å²) in [4.78, 5) is 21.8. The van der Waals surface area contributed by atoms with Crippen LogP contribution in [0.2, 0.25) is 0 Å². The van der Waals surface area contributed by atoms with Crippen LogP contribution in [0.5, 0.6) is 0 Å². The van der Waals surface area contributed by atoms with Crippen molar-refractivity contribution < 1.29 is 9.32 Å². The Morgan fingerprint density at radius 2 is 1.83 bits per heavy atom. The lowest BCUT2D eigenvalue weighted by Gasteiger charge is -2.22. The zero-order valence-corrected chi connectivity index (χ0v) is 17.0. The van der Waals surface area contributed by atoms with E-state index in [2.05, 4.69) is 15.0 Å². The number of aromatic nitrogens is 2. The summed E-state index contributed by atoms with van der Waals surface area (Å²) in [5.74, 6) is 1.35. The number of benzene rings is 2. The largest absolute Gasteiger partial charge is 0.337 e. The van der Waals surface area contributed by atoms with Crippen molar-refractivity contribution in [3.05, 3.63) is 71.0 Å². The summed E-state index contributed by atoms with van der Waals surface area (Å²) in [5.41, 5.74) is 3.95. The van der Waals surface area contributed by atoms with Gasteiger partial charge >= 0.3 is 0 Å². The van der Waals surface area contributed by atoms with Gasteiger partial charge in [0, 0.05) is 37.3 Å². The van der Waals surface area contributed by atoms with Crippen LogP contribution in [-0.4, -0.2) is 52.0 Å². The van der Waals surface area contributed by atoms with Gasteiger partial charge in [-0.25, -0.2) is 0 Å². The number of amides is 1. The molecule has 2 heterocycles. The zero-order chi connectivity index (χ0) is 20.2. The van der Waals surface area contributed by atoms with Crippen LogP contribution in [0.15, 0.2) is 53.1 Å². The first-order valence-corrected chi connectivity index (χ1v) is 10.1. The Morgan fingerprint density at radius 1 is 1.00 bits per heavy atom. The Kier molecular flexibility index (Phi) is 5.71. The molecule has 1 amide bonds. The van der Waals surface area contributed by atoms with Crippen LogP contribution in [0, 0.1) is 13.8 Å². The molecule has 4 rings (SSSR count). The predicted octanol–water partition coefficient (Wildman–Crippen LogP) is 3.70. The van der Waals surface area contributed by atoms with Crippen LogP contribution < -0.4 is 0 Å². The van der Waals surface area contributed by atoms with Crippen molar-refractivity contribution in [3.63, 3.8) is 0 Å². The molecule has 1 saturated heterocycles. The first-order chi connectivity index (χ1) is 14.1. The van der Waals surface area contributed by atoms with Gasteiger partial charge < -0.3 is 9.42 Å². The van der Waals surface area contributed by atoms with E-state index in [1.54, 1.807) is 0 Å². The first-order valence-electron chi connectivity index (χ1n) is 10.1. The molecule has 0 spiro atoms. The van der Waals surface area contributed by atoms with Gasteiger partial charge in [0.1, 0.15) is 0 Å². The molecule has 0 N–H and O–H groups in total. The summed E-state index contributed by atoms with van der Waals surface area (Å²) < 4.78 is 5.41. The van der Waals surface area contributed by atoms with Gasteiger partial charge in [-0.2, -0.15) is 4.98 Å². The highest BCUT2D eigenvalue weighted by Crippen LogP contribution is 2.19. The van der Waals surface area contributed by atoms with Gasteiger partial charge in [-0.1, -0.05) is 35.5 Å². The number of rotatable bonds is 4. The Hall–Kier alpha value is -2.99. The minimum absolute atomic E-state index is 0.124. The molecule has 6 nitrogen and oxygen atoms in total. The summed E-state index contributed by atoms with van der Waals surface area (Å²) in [6.45, 7) is 7.87. The van der Waals surface area contributed by atoms with E-state index in [4.69, 9.17) is 4.52 Å². The Labute approximate surface area is 171 Å². The van der Waals surface area contributed by atoms with Crippen molar-refractivity contribution >= 4 is 5.91 Å². The van der Waals surface area contributed by atoms with Gasteiger partial charge in [0.05, 0.1) is 6.54 Å². The molecule has 0 bridgehead atoms. The molecule has 2 aromatic carbocycles. The Bertz CT molecular complexity index is 984. The van der Waals surface area contributed by atoms with Crippen molar-refractivity contribution in [2.45, 2.75) is 26.8 Å². The molecule has 0 aliphatic carbocycles. The van der Waals surface area contributed by atoms with E-state index in [-0.39, 0.29) is 5.91 Å². The molecular formula is C23H26N4O2. The third-order valence-corrected chi connectivity index (χ3v) is 5.56. The minimum atomic E-state index is 0.124. The fourth-order valence-electron chi connectivity index (χ4n) is 3.70. The third kappa shape index (κ3) is 4.38. The number of carbonyl (C=O) groups is 1. The molecule has 0 radical (unpaired) electrons. The highest BCUT2D eigenvalue weighted by atomic mass is 16.5. The molecule has 0 atom stereocenters. The monoisotopic (exact) mass is 390 g/mol. The third-order valence-electron chi connectivity index (χ3n) is 5.56. The highest BCUT2D eigenvalue weighted by molar-refractivity contribution is 5.96. The Balaban J connectivity index is 1.39. The number of carbonyl (C=O) groups excluding carboxylic acids is 1. The topological polar surface area (TPSA) is 62.5 Å². The SMILES string of the molecule is Cc1cccc(C(=O)N2CCCN(Cc3noc(-c4ccccc4)n3)CC2)c1C. The van der Waals surface area contributed by atoms with Crippen molar-refractivity contribution in [2.75, 3.05) is 26.2 Å². The summed E-state index contributed by atoms with van der Waals surface area (Å²) in [5, 5.41) is 4.13. The van der Waals surface area contributed by atoms with E-state index in [0.29, 0.717) is 24.8 Å².